The Hall–Kier alpha value is -5.74. The second kappa shape index (κ2) is 9.92. The second-order valence-corrected chi connectivity index (χ2v) is 11.3. The fraction of sp³-hybridized carbons (Fsp3) is 0.0500. The average molecular weight is 566 g/mol. The van der Waals surface area contributed by atoms with Gasteiger partial charge < -0.3 is 8.98 Å². The summed E-state index contributed by atoms with van der Waals surface area (Å²) in [6.45, 7) is 0. The summed E-state index contributed by atoms with van der Waals surface area (Å²) in [5.41, 5.74) is 10.0. The number of nitrogens with zero attached hydrogens (tertiary/aromatic N) is 3. The molecule has 1 aliphatic carbocycles. The Labute approximate surface area is 254 Å². The van der Waals surface area contributed by atoms with E-state index in [1.54, 1.807) is 0 Å². The van der Waals surface area contributed by atoms with E-state index in [4.69, 9.17) is 14.4 Å². The molecule has 3 aromatic heterocycles. The number of benzene rings is 5. The molecule has 1 aliphatic rings. The van der Waals surface area contributed by atoms with Crippen LogP contribution in [0.25, 0.3) is 72.1 Å². The summed E-state index contributed by atoms with van der Waals surface area (Å²) in [6, 6.07) is 44.5. The zero-order chi connectivity index (χ0) is 29.0. The number of fused-ring (bicyclic) bond motifs is 6. The molecule has 4 nitrogen and oxygen atoms in total. The summed E-state index contributed by atoms with van der Waals surface area (Å²) in [5.74, 6) is 0.691. The summed E-state index contributed by atoms with van der Waals surface area (Å²) >= 11 is 0. The first-order chi connectivity index (χ1) is 21.8. The molecule has 0 spiro atoms. The molecule has 0 bridgehead atoms. The van der Waals surface area contributed by atoms with Crippen LogP contribution in [0.1, 0.15) is 18.0 Å². The molecule has 1 unspecified atom stereocenters. The van der Waals surface area contributed by atoms with Gasteiger partial charge in [-0.25, -0.2) is 9.97 Å². The van der Waals surface area contributed by atoms with Crippen molar-refractivity contribution >= 4 is 49.4 Å². The SMILES string of the molecule is C1=CC(n2c3ccccc3c3ccccc32)CC=C1c1ccc2oc3c(-c4ccccc4)nc(-c4ccccc4)nc3c2c1. The average Bonchev–Trinajstić information content (AvgIpc) is 3.64. The lowest BCUT2D eigenvalue weighted by molar-refractivity contribution is 0.649. The normalized spacial score (nSPS) is 15.0. The van der Waals surface area contributed by atoms with E-state index < -0.39 is 0 Å². The zero-order valence-corrected chi connectivity index (χ0v) is 23.9. The predicted molar refractivity (Wildman–Crippen MR) is 180 cm³/mol. The fourth-order valence-corrected chi connectivity index (χ4v) is 6.66. The lowest BCUT2D eigenvalue weighted by Gasteiger charge is -2.20. The molecule has 44 heavy (non-hydrogen) atoms. The van der Waals surface area contributed by atoms with Crippen molar-refractivity contribution in [3.05, 3.63) is 151 Å². The van der Waals surface area contributed by atoms with Crippen molar-refractivity contribution in [2.24, 2.45) is 0 Å². The minimum Gasteiger partial charge on any atom is -0.452 e. The van der Waals surface area contributed by atoms with Gasteiger partial charge in [-0.3, -0.25) is 0 Å². The Morgan fingerprint density at radius 2 is 1.27 bits per heavy atom. The predicted octanol–water partition coefficient (Wildman–Crippen LogP) is 10.4. The van der Waals surface area contributed by atoms with E-state index in [9.17, 15) is 0 Å². The Morgan fingerprint density at radius 1 is 0.614 bits per heavy atom. The summed E-state index contributed by atoms with van der Waals surface area (Å²) < 4.78 is 8.93. The van der Waals surface area contributed by atoms with Gasteiger partial charge in [-0.2, -0.15) is 0 Å². The van der Waals surface area contributed by atoms with Crippen molar-refractivity contribution in [2.45, 2.75) is 12.5 Å². The van der Waals surface area contributed by atoms with Gasteiger partial charge in [0, 0.05) is 38.3 Å². The zero-order valence-electron chi connectivity index (χ0n) is 23.9. The second-order valence-electron chi connectivity index (χ2n) is 11.3. The van der Waals surface area contributed by atoms with Crippen molar-refractivity contribution in [1.82, 2.24) is 14.5 Å². The molecule has 0 saturated heterocycles. The Bertz CT molecular complexity index is 2360. The Balaban J connectivity index is 1.14. The lowest BCUT2D eigenvalue weighted by Crippen LogP contribution is -2.07. The van der Waals surface area contributed by atoms with Gasteiger partial charge in [0.25, 0.3) is 0 Å². The van der Waals surface area contributed by atoms with E-state index in [0.29, 0.717) is 11.4 Å². The fourth-order valence-electron chi connectivity index (χ4n) is 6.66. The molecule has 208 valence electrons. The van der Waals surface area contributed by atoms with Crippen LogP contribution in [0.15, 0.2) is 150 Å². The molecule has 9 rings (SSSR count). The largest absolute Gasteiger partial charge is 0.452 e. The van der Waals surface area contributed by atoms with Crippen molar-refractivity contribution in [3.63, 3.8) is 0 Å². The van der Waals surface area contributed by atoms with E-state index in [1.165, 1.54) is 27.4 Å². The van der Waals surface area contributed by atoms with Crippen molar-refractivity contribution in [1.29, 1.82) is 0 Å². The van der Waals surface area contributed by atoms with Gasteiger partial charge in [-0.1, -0.05) is 121 Å². The van der Waals surface area contributed by atoms with Gasteiger partial charge in [-0.05, 0) is 41.8 Å². The first-order valence-corrected chi connectivity index (χ1v) is 15.0. The number of allylic oxidation sites excluding steroid dienone is 4. The number of para-hydroxylation sites is 2. The topological polar surface area (TPSA) is 43.9 Å². The molecule has 0 fully saturated rings. The maximum Gasteiger partial charge on any atom is 0.180 e. The number of hydrogen-bond donors (Lipinski definition) is 0. The third-order valence-electron chi connectivity index (χ3n) is 8.75. The van der Waals surface area contributed by atoms with Crippen LogP contribution >= 0.6 is 0 Å². The third-order valence-corrected chi connectivity index (χ3v) is 8.75. The molecule has 0 radical (unpaired) electrons. The van der Waals surface area contributed by atoms with Gasteiger partial charge in [0.05, 0.1) is 6.04 Å². The van der Waals surface area contributed by atoms with Gasteiger partial charge in [-0.15, -0.1) is 0 Å². The molecule has 1 atom stereocenters. The number of hydrogen-bond acceptors (Lipinski definition) is 3. The number of furan rings is 1. The first-order valence-electron chi connectivity index (χ1n) is 15.0. The number of rotatable bonds is 4. The van der Waals surface area contributed by atoms with Gasteiger partial charge in [0.15, 0.2) is 11.4 Å². The summed E-state index contributed by atoms with van der Waals surface area (Å²) in [7, 11) is 0. The highest BCUT2D eigenvalue weighted by molar-refractivity contribution is 6.09. The standard InChI is InChI=1S/C40H27N3O/c1-3-11-27(12-4-1)37-39-38(42-40(41-37)28-13-5-2-6-14-28)33-25-29(21-24-36(33)44-39)26-19-22-30(23-20-26)43-34-17-9-7-15-31(34)32-16-8-10-18-35(32)43/h1-22,24-25,30H,23H2. The third kappa shape index (κ3) is 3.92. The lowest BCUT2D eigenvalue weighted by atomic mass is 9.96. The van der Waals surface area contributed by atoms with Crippen LogP contribution in [-0.2, 0) is 0 Å². The van der Waals surface area contributed by atoms with E-state index in [2.05, 4.69) is 114 Å². The van der Waals surface area contributed by atoms with Gasteiger partial charge >= 0.3 is 0 Å². The van der Waals surface area contributed by atoms with Crippen molar-refractivity contribution in [3.8, 4) is 22.6 Å². The Kier molecular flexibility index (Phi) is 5.60. The molecule has 0 N–H and O–H groups in total. The first kappa shape index (κ1) is 24.8. The smallest absolute Gasteiger partial charge is 0.180 e. The van der Waals surface area contributed by atoms with Crippen LogP contribution in [0, 0.1) is 0 Å². The molecular formula is C40H27N3O. The highest BCUT2D eigenvalue weighted by Crippen LogP contribution is 2.39. The highest BCUT2D eigenvalue weighted by Gasteiger charge is 2.21. The molecule has 0 saturated carbocycles. The molecular weight excluding hydrogens is 538 g/mol. The highest BCUT2D eigenvalue weighted by atomic mass is 16.3. The maximum atomic E-state index is 6.45. The van der Waals surface area contributed by atoms with Crippen LogP contribution in [-0.4, -0.2) is 14.5 Å². The maximum absolute atomic E-state index is 6.45. The van der Waals surface area contributed by atoms with Gasteiger partial charge in [0.2, 0.25) is 0 Å². The molecule has 0 amide bonds. The minimum atomic E-state index is 0.247. The summed E-state index contributed by atoms with van der Waals surface area (Å²) in [6.07, 6.45) is 7.88. The monoisotopic (exact) mass is 565 g/mol. The molecule has 0 aliphatic heterocycles. The van der Waals surface area contributed by atoms with Crippen molar-refractivity contribution < 1.29 is 4.42 Å². The van der Waals surface area contributed by atoms with Crippen LogP contribution in [0.5, 0.6) is 0 Å². The van der Waals surface area contributed by atoms with Crippen molar-refractivity contribution in [2.75, 3.05) is 0 Å². The van der Waals surface area contributed by atoms with Gasteiger partial charge in [0.1, 0.15) is 16.8 Å². The molecule has 5 aromatic carbocycles. The van der Waals surface area contributed by atoms with Crippen LogP contribution in [0.4, 0.5) is 0 Å². The van der Waals surface area contributed by atoms with E-state index >= 15 is 0 Å². The van der Waals surface area contributed by atoms with E-state index in [1.807, 2.05) is 36.4 Å². The van der Waals surface area contributed by atoms with Crippen LogP contribution < -0.4 is 0 Å². The summed E-state index contributed by atoms with van der Waals surface area (Å²) in [4.78, 5) is 10.1. The van der Waals surface area contributed by atoms with E-state index in [-0.39, 0.29) is 6.04 Å². The molecule has 4 heteroatoms. The minimum absolute atomic E-state index is 0.247. The van der Waals surface area contributed by atoms with E-state index in [0.717, 1.165) is 45.3 Å². The molecule has 8 aromatic rings. The number of aromatic nitrogens is 3. The molecule has 3 heterocycles. The Morgan fingerprint density at radius 3 is 1.95 bits per heavy atom. The van der Waals surface area contributed by atoms with Crippen LogP contribution in [0.2, 0.25) is 0 Å². The summed E-state index contributed by atoms with van der Waals surface area (Å²) in [5, 5.41) is 3.60. The quantitative estimate of drug-likeness (QED) is 0.213. The van der Waals surface area contributed by atoms with Crippen LogP contribution in [0.3, 0.4) is 0 Å².